The predicted octanol–water partition coefficient (Wildman–Crippen LogP) is 2.75. The number of benzene rings is 1. The zero-order valence-corrected chi connectivity index (χ0v) is 15.8. The normalized spacial score (nSPS) is 18.5. The number of carboxylic acids is 1. The molecule has 2 aromatic rings. The molecule has 2 aliphatic rings. The Bertz CT molecular complexity index is 903. The average molecular weight is 397 g/mol. The van der Waals surface area contributed by atoms with Gasteiger partial charge in [-0.25, -0.2) is 9.78 Å². The van der Waals surface area contributed by atoms with E-state index in [2.05, 4.69) is 10.3 Å². The van der Waals surface area contributed by atoms with Gasteiger partial charge >= 0.3 is 5.97 Å². The third-order valence-corrected chi connectivity index (χ3v) is 5.50. The summed E-state index contributed by atoms with van der Waals surface area (Å²) in [4.78, 5) is 15.3. The molecule has 4 N–H and O–H groups in total. The number of carboxylic acid groups (broad SMARTS) is 1. The number of ether oxygens (including phenoxy) is 2. The summed E-state index contributed by atoms with van der Waals surface area (Å²) in [6.07, 6.45) is 4.01. The van der Waals surface area contributed by atoms with Crippen LogP contribution in [0.25, 0.3) is 0 Å². The number of carbonyl (C=O) groups is 1. The van der Waals surface area contributed by atoms with Crippen molar-refractivity contribution in [1.82, 2.24) is 4.98 Å². The van der Waals surface area contributed by atoms with Crippen molar-refractivity contribution in [2.45, 2.75) is 25.0 Å². The lowest BCUT2D eigenvalue weighted by Crippen LogP contribution is -2.55. The lowest BCUT2D eigenvalue weighted by molar-refractivity contribution is -0.213. The van der Waals surface area contributed by atoms with Gasteiger partial charge in [0.2, 0.25) is 0 Å². The van der Waals surface area contributed by atoms with E-state index in [9.17, 15) is 9.90 Å². The van der Waals surface area contributed by atoms with Gasteiger partial charge in [0.05, 0.1) is 31.5 Å². The van der Waals surface area contributed by atoms with Crippen LogP contribution in [0.3, 0.4) is 0 Å². The number of aromatic carboxylic acids is 1. The molecule has 2 fully saturated rings. The van der Waals surface area contributed by atoms with Gasteiger partial charge in [-0.15, -0.1) is 0 Å². The van der Waals surface area contributed by atoms with Crippen molar-refractivity contribution in [1.29, 1.82) is 5.41 Å². The van der Waals surface area contributed by atoms with Crippen molar-refractivity contribution in [3.05, 3.63) is 53.2 Å². The first-order valence-corrected chi connectivity index (χ1v) is 9.46. The van der Waals surface area contributed by atoms with Gasteiger partial charge in [0, 0.05) is 34.6 Å². The Morgan fingerprint density at radius 3 is 2.69 bits per heavy atom. The molecule has 1 saturated heterocycles. The molecule has 1 aromatic heterocycles. The van der Waals surface area contributed by atoms with Gasteiger partial charge in [-0.3, -0.25) is 0 Å². The molecule has 1 saturated carbocycles. The molecule has 152 valence electrons. The van der Waals surface area contributed by atoms with Crippen molar-refractivity contribution in [3.8, 4) is 0 Å². The molecule has 0 amide bonds. The summed E-state index contributed by atoms with van der Waals surface area (Å²) in [6, 6.07) is 7.95. The number of aromatic nitrogens is 1. The van der Waals surface area contributed by atoms with Crippen LogP contribution in [0, 0.1) is 10.8 Å². The molecule has 1 aromatic carbocycles. The standard InChI is InChI=1S/C21H23N3O5/c22-8-14-5-15(18(25)10-29-17-6-21(7-17)11-28-12-21)9-23-19(14)24-16-3-1-13(2-4-16)20(26)27/h1-5,8-9,17-18,22,25H,6-7,10-12H2,(H,23,24)(H,26,27). The van der Waals surface area contributed by atoms with Gasteiger partial charge in [-0.2, -0.15) is 0 Å². The lowest BCUT2D eigenvalue weighted by atomic mass is 9.65. The van der Waals surface area contributed by atoms with Crippen LogP contribution < -0.4 is 5.32 Å². The van der Waals surface area contributed by atoms with Crippen molar-refractivity contribution < 1.29 is 24.5 Å². The molecular weight excluding hydrogens is 374 g/mol. The summed E-state index contributed by atoms with van der Waals surface area (Å²) in [5.41, 5.74) is 2.26. The molecule has 1 spiro atoms. The van der Waals surface area contributed by atoms with Gasteiger partial charge in [0.1, 0.15) is 11.9 Å². The fraction of sp³-hybridized carbons (Fsp3) is 0.381. The fourth-order valence-electron chi connectivity index (χ4n) is 3.70. The molecule has 4 rings (SSSR count). The van der Waals surface area contributed by atoms with E-state index in [1.807, 2.05) is 0 Å². The molecule has 1 aliphatic carbocycles. The van der Waals surface area contributed by atoms with Crippen molar-refractivity contribution in [3.63, 3.8) is 0 Å². The Hall–Kier alpha value is -2.81. The van der Waals surface area contributed by atoms with Gasteiger partial charge in [-0.1, -0.05) is 0 Å². The van der Waals surface area contributed by atoms with Crippen molar-refractivity contribution in [2.24, 2.45) is 5.41 Å². The molecule has 8 nitrogen and oxygen atoms in total. The number of rotatable bonds is 8. The van der Waals surface area contributed by atoms with Crippen molar-refractivity contribution >= 4 is 23.7 Å². The third kappa shape index (κ3) is 4.14. The summed E-state index contributed by atoms with van der Waals surface area (Å²) in [5, 5.41) is 30.1. The Balaban J connectivity index is 1.36. The van der Waals surface area contributed by atoms with Gasteiger partial charge in [-0.05, 0) is 43.2 Å². The summed E-state index contributed by atoms with van der Waals surface area (Å²) >= 11 is 0. The van der Waals surface area contributed by atoms with E-state index in [0.717, 1.165) is 32.3 Å². The smallest absolute Gasteiger partial charge is 0.335 e. The van der Waals surface area contributed by atoms with Crippen LogP contribution in [-0.2, 0) is 9.47 Å². The number of hydrogen-bond donors (Lipinski definition) is 4. The second-order valence-corrected chi connectivity index (χ2v) is 7.73. The van der Waals surface area contributed by atoms with Crippen LogP contribution in [0.4, 0.5) is 11.5 Å². The quantitative estimate of drug-likeness (QED) is 0.505. The minimum atomic E-state index is -0.992. The highest BCUT2D eigenvalue weighted by atomic mass is 16.5. The Labute approximate surface area is 168 Å². The summed E-state index contributed by atoms with van der Waals surface area (Å²) < 4.78 is 11.1. The van der Waals surface area contributed by atoms with E-state index in [-0.39, 0.29) is 18.3 Å². The molecule has 1 atom stereocenters. The van der Waals surface area contributed by atoms with Crippen LogP contribution in [0.1, 0.15) is 40.4 Å². The van der Waals surface area contributed by atoms with E-state index in [1.54, 1.807) is 24.4 Å². The van der Waals surface area contributed by atoms with E-state index in [4.69, 9.17) is 20.0 Å². The average Bonchev–Trinajstić information content (AvgIpc) is 2.66. The zero-order valence-electron chi connectivity index (χ0n) is 15.8. The first-order valence-electron chi connectivity index (χ1n) is 9.46. The molecule has 8 heteroatoms. The van der Waals surface area contributed by atoms with Crippen LogP contribution >= 0.6 is 0 Å². The Kier molecular flexibility index (Phi) is 5.31. The lowest BCUT2D eigenvalue weighted by Gasteiger charge is -2.52. The number of nitrogens with zero attached hydrogens (tertiary/aromatic N) is 1. The summed E-state index contributed by atoms with van der Waals surface area (Å²) in [6.45, 7) is 1.81. The van der Waals surface area contributed by atoms with Crippen LogP contribution in [0.5, 0.6) is 0 Å². The molecule has 1 unspecified atom stereocenters. The Morgan fingerprint density at radius 1 is 1.38 bits per heavy atom. The number of anilines is 2. The van der Waals surface area contributed by atoms with E-state index in [0.29, 0.717) is 28.0 Å². The highest BCUT2D eigenvalue weighted by Gasteiger charge is 2.50. The SMILES string of the molecule is N=Cc1cc(C(O)COC2CC3(COC3)C2)cnc1Nc1ccc(C(=O)O)cc1. The first-order chi connectivity index (χ1) is 14.0. The number of nitrogens with one attached hydrogen (secondary N) is 2. The number of aliphatic hydroxyl groups is 1. The molecule has 29 heavy (non-hydrogen) atoms. The van der Waals surface area contributed by atoms with Crippen LogP contribution in [-0.4, -0.2) is 53.3 Å². The fourth-order valence-corrected chi connectivity index (χ4v) is 3.70. The molecule has 2 heterocycles. The molecule has 0 radical (unpaired) electrons. The maximum atomic E-state index is 10.9. The number of aliphatic hydroxyl groups excluding tert-OH is 1. The number of hydrogen-bond acceptors (Lipinski definition) is 7. The highest BCUT2D eigenvalue weighted by molar-refractivity contribution is 5.89. The maximum Gasteiger partial charge on any atom is 0.335 e. The van der Waals surface area contributed by atoms with Crippen LogP contribution in [0.15, 0.2) is 36.5 Å². The second-order valence-electron chi connectivity index (χ2n) is 7.73. The zero-order chi connectivity index (χ0) is 20.4. The predicted molar refractivity (Wildman–Crippen MR) is 106 cm³/mol. The van der Waals surface area contributed by atoms with E-state index >= 15 is 0 Å². The minimum Gasteiger partial charge on any atom is -0.478 e. The minimum absolute atomic E-state index is 0.165. The van der Waals surface area contributed by atoms with Gasteiger partial charge < -0.3 is 30.4 Å². The number of pyridine rings is 1. The third-order valence-electron chi connectivity index (χ3n) is 5.50. The summed E-state index contributed by atoms with van der Waals surface area (Å²) in [5.74, 6) is -0.542. The van der Waals surface area contributed by atoms with E-state index < -0.39 is 12.1 Å². The van der Waals surface area contributed by atoms with Crippen molar-refractivity contribution in [2.75, 3.05) is 25.1 Å². The molecule has 0 bridgehead atoms. The largest absolute Gasteiger partial charge is 0.478 e. The summed E-state index contributed by atoms with van der Waals surface area (Å²) in [7, 11) is 0. The van der Waals surface area contributed by atoms with Gasteiger partial charge in [0.25, 0.3) is 0 Å². The monoisotopic (exact) mass is 397 g/mol. The highest BCUT2D eigenvalue weighted by Crippen LogP contribution is 2.48. The molecule has 1 aliphatic heterocycles. The van der Waals surface area contributed by atoms with Crippen LogP contribution in [0.2, 0.25) is 0 Å². The Morgan fingerprint density at radius 2 is 2.10 bits per heavy atom. The maximum absolute atomic E-state index is 10.9. The molecular formula is C21H23N3O5. The second kappa shape index (κ2) is 7.90. The first kappa shape index (κ1) is 19.5. The topological polar surface area (TPSA) is 125 Å². The van der Waals surface area contributed by atoms with E-state index in [1.165, 1.54) is 12.1 Å². The van der Waals surface area contributed by atoms with Gasteiger partial charge in [0.15, 0.2) is 0 Å².